The predicted octanol–water partition coefficient (Wildman–Crippen LogP) is 0.487. The summed E-state index contributed by atoms with van der Waals surface area (Å²) >= 11 is 0. The van der Waals surface area contributed by atoms with Gasteiger partial charge in [-0.1, -0.05) is 13.8 Å². The molecule has 0 heterocycles. The number of rotatable bonds is 15. The summed E-state index contributed by atoms with van der Waals surface area (Å²) in [5.74, 6) is -6.07. The van der Waals surface area contributed by atoms with E-state index in [1.165, 1.54) is 43.7 Å². The molecule has 0 saturated heterocycles. The van der Waals surface area contributed by atoms with Gasteiger partial charge in [0.25, 0.3) is 0 Å². The third-order valence-electron chi connectivity index (χ3n) is 5.76. The number of carbonyl (C=O) groups is 4. The van der Waals surface area contributed by atoms with Gasteiger partial charge in [0, 0.05) is 20.5 Å². The molecule has 0 aliphatic rings. The van der Waals surface area contributed by atoms with Crippen LogP contribution >= 0.6 is 0 Å². The number of benzene rings is 1. The van der Waals surface area contributed by atoms with Crippen LogP contribution in [0.25, 0.3) is 0 Å². The summed E-state index contributed by atoms with van der Waals surface area (Å²) in [5.41, 5.74) is 1.46. The highest BCUT2D eigenvalue weighted by molar-refractivity contribution is 7.91. The molecule has 1 aromatic rings. The molecular formula is C24H38N4O8S. The Hall–Kier alpha value is -3.19. The summed E-state index contributed by atoms with van der Waals surface area (Å²) in [7, 11) is -2.69. The number of nitrogens with one attached hydrogen (secondary N) is 4. The van der Waals surface area contributed by atoms with Gasteiger partial charge in [-0.05, 0) is 55.9 Å². The molecule has 0 aliphatic carbocycles. The molecule has 0 aromatic heterocycles. The van der Waals surface area contributed by atoms with Gasteiger partial charge in [-0.25, -0.2) is 13.9 Å². The smallest absolute Gasteiger partial charge is 0.248 e. The van der Waals surface area contributed by atoms with Crippen LogP contribution in [0.3, 0.4) is 0 Å². The first-order valence-corrected chi connectivity index (χ1v) is 13.7. The molecule has 37 heavy (non-hydrogen) atoms. The van der Waals surface area contributed by atoms with E-state index in [0.717, 1.165) is 0 Å². The molecule has 0 fully saturated rings. The number of unbranched alkanes of at least 4 members (excludes halogenated alkanes) is 1. The molecule has 0 saturated carbocycles. The van der Waals surface area contributed by atoms with Crippen molar-refractivity contribution in [1.29, 1.82) is 0 Å². The van der Waals surface area contributed by atoms with E-state index in [2.05, 4.69) is 16.0 Å². The summed E-state index contributed by atoms with van der Waals surface area (Å²) in [5, 5.41) is 26.6. The molecule has 6 N–H and O–H groups in total. The lowest BCUT2D eigenvalue weighted by Gasteiger charge is -2.28. The minimum absolute atomic E-state index is 0.109. The van der Waals surface area contributed by atoms with Crippen LogP contribution in [0.4, 0.5) is 0 Å². The van der Waals surface area contributed by atoms with Crippen molar-refractivity contribution in [3.05, 3.63) is 24.3 Å². The number of carbonyl (C=O) groups excluding carboxylic acids is 4. The second-order valence-electron chi connectivity index (χ2n) is 9.25. The van der Waals surface area contributed by atoms with Crippen molar-refractivity contribution < 1.29 is 37.9 Å². The second kappa shape index (κ2) is 15.2. The van der Waals surface area contributed by atoms with Crippen molar-refractivity contribution >= 4 is 33.5 Å². The van der Waals surface area contributed by atoms with E-state index in [1.807, 2.05) is 0 Å². The van der Waals surface area contributed by atoms with Crippen molar-refractivity contribution in [2.45, 2.75) is 57.4 Å². The Bertz CT molecular complexity index is 1030. The van der Waals surface area contributed by atoms with Crippen LogP contribution in [0.15, 0.2) is 29.2 Å². The Kier molecular flexibility index (Phi) is 13.0. The largest absolute Gasteiger partial charge is 0.508 e. The van der Waals surface area contributed by atoms with Crippen LogP contribution < -0.4 is 21.4 Å². The molecule has 3 atom stereocenters. The molecule has 4 amide bonds. The average molecular weight is 543 g/mol. The van der Waals surface area contributed by atoms with E-state index in [-0.39, 0.29) is 35.3 Å². The second-order valence-corrected chi connectivity index (χ2v) is 11.3. The number of sulfone groups is 1. The first kappa shape index (κ1) is 31.8. The number of aromatic hydroxyl groups is 1. The van der Waals surface area contributed by atoms with E-state index in [0.29, 0.717) is 19.4 Å². The van der Waals surface area contributed by atoms with Crippen LogP contribution in [-0.2, 0) is 29.0 Å². The van der Waals surface area contributed by atoms with Crippen molar-refractivity contribution in [3.63, 3.8) is 0 Å². The molecule has 13 heteroatoms. The van der Waals surface area contributed by atoms with Crippen molar-refractivity contribution in [2.24, 2.45) is 17.8 Å². The third kappa shape index (κ3) is 10.8. The number of phenols is 1. The van der Waals surface area contributed by atoms with Crippen LogP contribution in [0.2, 0.25) is 0 Å². The van der Waals surface area contributed by atoms with Crippen LogP contribution in [0.5, 0.6) is 5.75 Å². The van der Waals surface area contributed by atoms with E-state index in [4.69, 9.17) is 0 Å². The molecule has 0 aliphatic heterocycles. The molecule has 1 unspecified atom stereocenters. The van der Waals surface area contributed by atoms with Crippen molar-refractivity contribution in [1.82, 2.24) is 21.4 Å². The number of hydrogen-bond acceptors (Lipinski definition) is 8. The number of hydroxylamine groups is 1. The standard InChI is InChI=1S/C24H38N4O8S/c1-15(2)13-19(22(31)27-21(24(33)25-4)7-5-6-12-26-16(3)29)20(23(32)28-34)14-37(35,36)18-10-8-17(30)9-11-18/h8-11,15,19-21,30,34H,5-7,12-14H2,1-4H3,(H,25,33)(H,26,29)(H,27,31)(H,28,32)/t19-,20+,21?/m1/s1. The fourth-order valence-electron chi connectivity index (χ4n) is 3.87. The zero-order chi connectivity index (χ0) is 28.2. The Morgan fingerprint density at radius 2 is 1.57 bits per heavy atom. The summed E-state index contributed by atoms with van der Waals surface area (Å²) in [6.45, 7) is 5.39. The zero-order valence-corrected chi connectivity index (χ0v) is 22.4. The van der Waals surface area contributed by atoms with Gasteiger partial charge >= 0.3 is 0 Å². The first-order valence-electron chi connectivity index (χ1n) is 12.0. The van der Waals surface area contributed by atoms with Gasteiger partial charge in [-0.2, -0.15) is 0 Å². The van der Waals surface area contributed by atoms with Gasteiger partial charge in [-0.3, -0.25) is 24.4 Å². The Balaban J connectivity index is 3.18. The van der Waals surface area contributed by atoms with E-state index in [1.54, 1.807) is 13.8 Å². The van der Waals surface area contributed by atoms with Gasteiger partial charge in [0.05, 0.1) is 22.5 Å². The van der Waals surface area contributed by atoms with E-state index in [9.17, 15) is 37.9 Å². The number of likely N-dealkylation sites (N-methyl/N-ethyl adjacent to an activating group) is 1. The Morgan fingerprint density at radius 1 is 0.946 bits per heavy atom. The third-order valence-corrected chi connectivity index (χ3v) is 7.55. The van der Waals surface area contributed by atoms with Gasteiger partial charge in [-0.15, -0.1) is 0 Å². The predicted molar refractivity (Wildman–Crippen MR) is 135 cm³/mol. The van der Waals surface area contributed by atoms with Gasteiger partial charge in [0.2, 0.25) is 23.6 Å². The summed E-state index contributed by atoms with van der Waals surface area (Å²) in [6, 6.07) is 3.78. The molecule has 0 radical (unpaired) electrons. The molecule has 1 aromatic carbocycles. The SMILES string of the molecule is CNC(=O)C(CCCCNC(C)=O)NC(=O)[C@H](CC(C)C)[C@H](CS(=O)(=O)c1ccc(O)cc1)C(=O)NO. The van der Waals surface area contributed by atoms with Crippen molar-refractivity contribution in [3.8, 4) is 5.75 Å². The van der Waals surface area contributed by atoms with Crippen LogP contribution in [-0.4, -0.2) is 67.7 Å². The van der Waals surface area contributed by atoms with Crippen LogP contribution in [0, 0.1) is 17.8 Å². The quantitative estimate of drug-likeness (QED) is 0.105. The fourth-order valence-corrected chi connectivity index (χ4v) is 5.46. The van der Waals surface area contributed by atoms with Crippen molar-refractivity contribution in [2.75, 3.05) is 19.3 Å². The number of amides is 4. The maximum Gasteiger partial charge on any atom is 0.248 e. The fraction of sp³-hybridized carbons (Fsp3) is 0.583. The van der Waals surface area contributed by atoms with Crippen LogP contribution in [0.1, 0.15) is 46.5 Å². The monoisotopic (exact) mass is 542 g/mol. The summed E-state index contributed by atoms with van der Waals surface area (Å²) in [6.07, 6.45) is 1.43. The summed E-state index contributed by atoms with van der Waals surface area (Å²) in [4.78, 5) is 49.3. The maximum atomic E-state index is 13.4. The lowest BCUT2D eigenvalue weighted by molar-refractivity contribution is -0.140. The Morgan fingerprint density at radius 3 is 2.08 bits per heavy atom. The normalized spacial score (nSPS) is 13.8. The molecule has 1 rings (SSSR count). The zero-order valence-electron chi connectivity index (χ0n) is 21.6. The minimum atomic E-state index is -4.10. The summed E-state index contributed by atoms with van der Waals surface area (Å²) < 4.78 is 26.1. The van der Waals surface area contributed by atoms with E-state index >= 15 is 0 Å². The molecule has 0 spiro atoms. The van der Waals surface area contributed by atoms with E-state index < -0.39 is 51.2 Å². The lowest BCUT2D eigenvalue weighted by Crippen LogP contribution is -2.51. The highest BCUT2D eigenvalue weighted by atomic mass is 32.2. The number of phenolic OH excluding ortho intramolecular Hbond substituents is 1. The van der Waals surface area contributed by atoms with Gasteiger partial charge in [0.1, 0.15) is 11.8 Å². The minimum Gasteiger partial charge on any atom is -0.508 e. The maximum absolute atomic E-state index is 13.4. The molecule has 0 bridgehead atoms. The van der Waals surface area contributed by atoms with Gasteiger partial charge < -0.3 is 21.1 Å². The lowest BCUT2D eigenvalue weighted by atomic mass is 9.84. The average Bonchev–Trinajstić information content (AvgIpc) is 2.83. The highest BCUT2D eigenvalue weighted by Gasteiger charge is 2.39. The molecular weight excluding hydrogens is 504 g/mol. The first-order chi connectivity index (χ1) is 17.3. The molecule has 208 valence electrons. The topological polar surface area (TPSA) is 191 Å². The highest BCUT2D eigenvalue weighted by Crippen LogP contribution is 2.27. The number of hydrogen-bond donors (Lipinski definition) is 6. The van der Waals surface area contributed by atoms with Gasteiger partial charge in [0.15, 0.2) is 9.84 Å². The Labute approximate surface area is 217 Å². The molecule has 12 nitrogen and oxygen atoms in total.